The van der Waals surface area contributed by atoms with Crippen molar-refractivity contribution >= 4 is 28.1 Å². The van der Waals surface area contributed by atoms with Crippen molar-refractivity contribution in [1.82, 2.24) is 15.3 Å². The van der Waals surface area contributed by atoms with Gasteiger partial charge in [-0.25, -0.2) is 0 Å². The van der Waals surface area contributed by atoms with Crippen molar-refractivity contribution in [3.05, 3.63) is 41.7 Å². The van der Waals surface area contributed by atoms with Gasteiger partial charge in [0.05, 0.1) is 29.2 Å². The first-order valence-corrected chi connectivity index (χ1v) is 11.0. The van der Waals surface area contributed by atoms with Gasteiger partial charge >= 0.3 is 0 Å². The lowest BCUT2D eigenvalue weighted by Gasteiger charge is -2.28. The number of ether oxygens (including phenoxy) is 2. The number of amides is 1. The summed E-state index contributed by atoms with van der Waals surface area (Å²) in [4.78, 5) is 21.9. The molecule has 0 unspecified atom stereocenters. The van der Waals surface area contributed by atoms with E-state index >= 15 is 0 Å². The average molecular weight is 412 g/mol. The molecule has 2 saturated carbocycles. The molecule has 3 aromatic rings. The summed E-state index contributed by atoms with van der Waals surface area (Å²) in [6.07, 6.45) is 8.55. The number of methoxy groups -OCH3 is 1. The van der Waals surface area contributed by atoms with Crippen molar-refractivity contribution < 1.29 is 14.3 Å². The molecule has 0 saturated heterocycles. The molecular weight excluding hydrogens is 386 g/mol. The Balaban J connectivity index is 1.39. The lowest BCUT2D eigenvalue weighted by molar-refractivity contribution is -0.0556. The molecule has 2 aromatic heterocycles. The quantitative estimate of drug-likeness (QED) is 0.573. The number of hydrogen-bond acceptors (Lipinski definition) is 5. The van der Waals surface area contributed by atoms with E-state index in [9.17, 15) is 4.79 Å². The predicted molar refractivity (Wildman–Crippen MR) is 113 cm³/mol. The lowest BCUT2D eigenvalue weighted by Crippen LogP contribution is -2.45. The van der Waals surface area contributed by atoms with Crippen LogP contribution in [0.5, 0.6) is 0 Å². The van der Waals surface area contributed by atoms with Crippen LogP contribution in [0.1, 0.15) is 42.5 Å². The highest BCUT2D eigenvalue weighted by Gasteiger charge is 2.55. The molecule has 2 aliphatic carbocycles. The molecule has 2 N–H and O–H groups in total. The van der Waals surface area contributed by atoms with Gasteiger partial charge in [-0.2, -0.15) is 0 Å². The van der Waals surface area contributed by atoms with Crippen LogP contribution < -0.4 is 5.32 Å². The van der Waals surface area contributed by atoms with E-state index in [1.165, 1.54) is 0 Å². The van der Waals surface area contributed by atoms with E-state index in [0.717, 1.165) is 53.4 Å². The van der Waals surface area contributed by atoms with E-state index in [1.54, 1.807) is 18.4 Å². The number of nitrogens with zero attached hydrogens (tertiary/aromatic N) is 1. The van der Waals surface area contributed by atoms with Crippen molar-refractivity contribution in [1.29, 1.82) is 0 Å². The van der Waals surface area contributed by atoms with Crippen LogP contribution in [0.2, 0.25) is 0 Å². The Morgan fingerprint density at radius 2 is 2.14 bits per heavy atom. The van der Waals surface area contributed by atoms with Crippen LogP contribution in [0.25, 0.3) is 21.3 Å². The van der Waals surface area contributed by atoms with E-state index < -0.39 is 0 Å². The molecule has 0 atom stereocenters. The zero-order chi connectivity index (χ0) is 19.9. The molecule has 7 heteroatoms. The molecule has 0 aliphatic heterocycles. The van der Waals surface area contributed by atoms with Gasteiger partial charge in [0.15, 0.2) is 0 Å². The number of carbonyl (C=O) groups is 1. The molecular formula is C22H25N3O3S. The SMILES string of the molecule is COCCOC12CCC(NC(=O)c3cc(-c4cncs4)cc4[nH]ccc34)(CC1)C2. The van der Waals surface area contributed by atoms with Crippen LogP contribution in [-0.4, -0.2) is 47.3 Å². The molecule has 6 nitrogen and oxygen atoms in total. The van der Waals surface area contributed by atoms with E-state index in [1.807, 2.05) is 30.0 Å². The summed E-state index contributed by atoms with van der Waals surface area (Å²) in [7, 11) is 1.69. The van der Waals surface area contributed by atoms with Crippen molar-refractivity contribution in [2.45, 2.75) is 43.2 Å². The third-order valence-corrected chi connectivity index (χ3v) is 7.31. The van der Waals surface area contributed by atoms with Crippen LogP contribution in [0.4, 0.5) is 0 Å². The number of hydrogen-bond donors (Lipinski definition) is 2. The molecule has 1 amide bonds. The van der Waals surface area contributed by atoms with Crippen molar-refractivity contribution in [3.8, 4) is 10.4 Å². The molecule has 29 heavy (non-hydrogen) atoms. The van der Waals surface area contributed by atoms with Crippen LogP contribution >= 0.6 is 11.3 Å². The standard InChI is InChI=1S/C22H25N3O3S/c1-27-8-9-28-22-5-3-21(13-22,4-6-22)25-20(26)17-10-15(19-12-23-14-29-19)11-18-16(17)2-7-24-18/h2,7,10-12,14,24H,3-6,8-9,13H2,1H3,(H,25,26). The van der Waals surface area contributed by atoms with Gasteiger partial charge in [-0.05, 0) is 55.9 Å². The number of carbonyl (C=O) groups excluding carboxylic acids is 1. The summed E-state index contributed by atoms with van der Waals surface area (Å²) in [6, 6.07) is 6.04. The van der Waals surface area contributed by atoms with Gasteiger partial charge in [-0.3, -0.25) is 9.78 Å². The maximum atomic E-state index is 13.4. The van der Waals surface area contributed by atoms with Crippen LogP contribution in [0, 0.1) is 0 Å². The number of H-pyrrole nitrogens is 1. The minimum atomic E-state index is -0.159. The van der Waals surface area contributed by atoms with Crippen molar-refractivity contribution in [3.63, 3.8) is 0 Å². The summed E-state index contributed by atoms with van der Waals surface area (Å²) >= 11 is 1.58. The fourth-order valence-corrected chi connectivity index (χ4v) is 5.64. The highest BCUT2D eigenvalue weighted by molar-refractivity contribution is 7.13. The maximum absolute atomic E-state index is 13.4. The minimum absolute atomic E-state index is 0.00411. The van der Waals surface area contributed by atoms with Gasteiger partial charge in [-0.1, -0.05) is 0 Å². The van der Waals surface area contributed by atoms with Gasteiger partial charge in [0.1, 0.15) is 0 Å². The summed E-state index contributed by atoms with van der Waals surface area (Å²) < 4.78 is 11.3. The highest BCUT2D eigenvalue weighted by atomic mass is 32.1. The van der Waals surface area contributed by atoms with Crippen LogP contribution in [-0.2, 0) is 9.47 Å². The molecule has 2 bridgehead atoms. The molecule has 0 spiro atoms. The minimum Gasteiger partial charge on any atom is -0.382 e. The molecule has 2 heterocycles. The smallest absolute Gasteiger partial charge is 0.252 e. The molecule has 0 radical (unpaired) electrons. The second-order valence-corrected chi connectivity index (χ2v) is 9.15. The Kier molecular flexibility index (Phi) is 4.69. The summed E-state index contributed by atoms with van der Waals surface area (Å²) in [5, 5.41) is 4.34. The second-order valence-electron chi connectivity index (χ2n) is 8.26. The largest absolute Gasteiger partial charge is 0.382 e. The topological polar surface area (TPSA) is 76.2 Å². The second kappa shape index (κ2) is 7.23. The fourth-order valence-electron chi connectivity index (χ4n) is 5.02. The van der Waals surface area contributed by atoms with Crippen LogP contribution in [0.3, 0.4) is 0 Å². The Hall–Kier alpha value is -2.22. The van der Waals surface area contributed by atoms with Gasteiger partial charge in [0.2, 0.25) is 0 Å². The monoisotopic (exact) mass is 411 g/mol. The Morgan fingerprint density at radius 3 is 2.90 bits per heavy atom. The van der Waals surface area contributed by atoms with Crippen LogP contribution in [0.15, 0.2) is 36.1 Å². The number of aromatic nitrogens is 2. The third-order valence-electron chi connectivity index (χ3n) is 6.48. The molecule has 2 fully saturated rings. The third kappa shape index (κ3) is 3.37. The first-order chi connectivity index (χ1) is 14.1. The molecule has 2 aliphatic rings. The summed E-state index contributed by atoms with van der Waals surface area (Å²) in [6.45, 7) is 1.22. The van der Waals surface area contributed by atoms with Gasteiger partial charge < -0.3 is 19.8 Å². The number of aromatic amines is 1. The van der Waals surface area contributed by atoms with E-state index in [4.69, 9.17) is 9.47 Å². The lowest BCUT2D eigenvalue weighted by atomic mass is 9.92. The maximum Gasteiger partial charge on any atom is 0.252 e. The number of nitrogens with one attached hydrogen (secondary N) is 2. The molecule has 1 aromatic carbocycles. The summed E-state index contributed by atoms with van der Waals surface area (Å²) in [5.41, 5.74) is 4.25. The number of thiazole rings is 1. The number of benzene rings is 1. The van der Waals surface area contributed by atoms with Crippen molar-refractivity contribution in [2.24, 2.45) is 0 Å². The summed E-state index contributed by atoms with van der Waals surface area (Å²) in [5.74, 6) is -0.00411. The van der Waals surface area contributed by atoms with E-state index in [-0.39, 0.29) is 17.0 Å². The zero-order valence-corrected chi connectivity index (χ0v) is 17.3. The fraction of sp³-hybridized carbons (Fsp3) is 0.455. The Bertz CT molecular complexity index is 1020. The normalized spacial score (nSPS) is 25.7. The molecule has 5 rings (SSSR count). The first kappa shape index (κ1) is 18.8. The molecule has 152 valence electrons. The zero-order valence-electron chi connectivity index (χ0n) is 16.5. The number of fused-ring (bicyclic) bond motifs is 3. The van der Waals surface area contributed by atoms with Gasteiger partial charge in [0, 0.05) is 41.5 Å². The Morgan fingerprint density at radius 1 is 1.28 bits per heavy atom. The van der Waals surface area contributed by atoms with Crippen molar-refractivity contribution in [2.75, 3.05) is 20.3 Å². The van der Waals surface area contributed by atoms with Gasteiger partial charge in [0.25, 0.3) is 5.91 Å². The highest BCUT2D eigenvalue weighted by Crippen LogP contribution is 2.52. The number of rotatable bonds is 7. The average Bonchev–Trinajstić information content (AvgIpc) is 3.50. The van der Waals surface area contributed by atoms with E-state index in [2.05, 4.69) is 21.4 Å². The van der Waals surface area contributed by atoms with E-state index in [0.29, 0.717) is 18.8 Å². The van der Waals surface area contributed by atoms with Gasteiger partial charge in [-0.15, -0.1) is 11.3 Å². The predicted octanol–water partition coefficient (Wildman–Crippen LogP) is 4.14. The Labute approximate surface area is 173 Å². The first-order valence-electron chi connectivity index (χ1n) is 10.1.